The molecule has 6 nitrogen and oxygen atoms in total. The summed E-state index contributed by atoms with van der Waals surface area (Å²) in [6, 6.07) is 19.4. The van der Waals surface area contributed by atoms with Crippen LogP contribution in [0.3, 0.4) is 0 Å². The number of hydrogen-bond acceptors (Lipinski definition) is 4. The van der Waals surface area contributed by atoms with Crippen LogP contribution in [-0.2, 0) is 9.59 Å². The van der Waals surface area contributed by atoms with E-state index in [0.717, 1.165) is 18.1 Å². The molecule has 0 aliphatic carbocycles. The third-order valence-corrected chi connectivity index (χ3v) is 4.48. The Balaban J connectivity index is 0.000000568. The van der Waals surface area contributed by atoms with Gasteiger partial charge in [0.25, 0.3) is 0 Å². The van der Waals surface area contributed by atoms with Crippen molar-refractivity contribution in [1.82, 2.24) is 0 Å². The summed E-state index contributed by atoms with van der Waals surface area (Å²) in [5, 5.41) is 21.1. The van der Waals surface area contributed by atoms with Crippen LogP contribution in [0.4, 0.5) is 0 Å². The molecule has 0 aliphatic heterocycles. The lowest BCUT2D eigenvalue weighted by Crippen LogP contribution is -3.12. The van der Waals surface area contributed by atoms with E-state index >= 15 is 0 Å². The van der Waals surface area contributed by atoms with Gasteiger partial charge in [0.1, 0.15) is 19.1 Å². The lowest BCUT2D eigenvalue weighted by atomic mass is 9.97. The van der Waals surface area contributed by atoms with E-state index in [1.165, 1.54) is 29.0 Å². The third-order valence-electron chi connectivity index (χ3n) is 4.23. The van der Waals surface area contributed by atoms with Crippen LogP contribution < -0.4 is 20.4 Å². The summed E-state index contributed by atoms with van der Waals surface area (Å²) in [4.78, 5) is 19.4. The number of nitrogens with two attached hydrogens (primary N) is 1. The summed E-state index contributed by atoms with van der Waals surface area (Å²) in [6.45, 7) is 5.75. The van der Waals surface area contributed by atoms with Gasteiger partial charge in [-0.15, -0.1) is 0 Å². The maximum absolute atomic E-state index is 8.93. The number of quaternary nitrogens is 2. The fraction of sp³-hybridized carbons (Fsp3) is 0.333. The largest absolute Gasteiger partial charge is 0.543 e. The standard InChI is InChI=1S/C19H25ClN2.C2H2O4/c1-3-13-21-14-15-22(2)19(16-7-5-4-6-8-16)17-9-11-18(20)12-10-17;3-1(4)2(5)6/h4-12,19,21H,3,13-15H2,1-2H3;(H,3,4)(H,5,6). The third kappa shape index (κ3) is 8.52. The molecular weight excluding hydrogens is 380 g/mol. The van der Waals surface area contributed by atoms with Crippen LogP contribution in [0.2, 0.25) is 5.02 Å². The predicted molar refractivity (Wildman–Crippen MR) is 103 cm³/mol. The normalized spacial score (nSPS) is 12.4. The van der Waals surface area contributed by atoms with Crippen molar-refractivity contribution >= 4 is 23.5 Å². The average Bonchev–Trinajstić information content (AvgIpc) is 2.68. The average molecular weight is 407 g/mol. The summed E-state index contributed by atoms with van der Waals surface area (Å²) < 4.78 is 0. The number of likely N-dealkylation sites (N-methyl/N-ethyl adjacent to an activating group) is 1. The Kier molecular flexibility index (Phi) is 10.9. The lowest BCUT2D eigenvalue weighted by Gasteiger charge is -2.25. The minimum atomic E-state index is -2.19. The molecule has 0 fully saturated rings. The van der Waals surface area contributed by atoms with E-state index in [9.17, 15) is 0 Å². The quantitative estimate of drug-likeness (QED) is 0.407. The molecule has 0 saturated carbocycles. The molecule has 3 N–H and O–H groups in total. The van der Waals surface area contributed by atoms with Gasteiger partial charge in [0.05, 0.1) is 25.5 Å². The van der Waals surface area contributed by atoms with Gasteiger partial charge in [-0.2, -0.15) is 0 Å². The van der Waals surface area contributed by atoms with Gasteiger partial charge in [0.2, 0.25) is 0 Å². The molecule has 152 valence electrons. The SMILES string of the molecule is CCC[NH2+]CC[NH+](C)C(c1ccccc1)c1ccc(Cl)cc1.O=C([O-])C(=O)[O-]. The van der Waals surface area contributed by atoms with Crippen LogP contribution in [-0.4, -0.2) is 38.6 Å². The topological polar surface area (TPSA) is 101 Å². The minimum Gasteiger partial charge on any atom is -0.543 e. The number of carbonyl (C=O) groups excluding carboxylic acids is 2. The minimum absolute atomic E-state index is 0.355. The Labute approximate surface area is 170 Å². The second-order valence-electron chi connectivity index (χ2n) is 6.43. The molecule has 0 amide bonds. The molecule has 2 aromatic rings. The second kappa shape index (κ2) is 12.9. The van der Waals surface area contributed by atoms with Crippen molar-refractivity contribution in [2.24, 2.45) is 0 Å². The van der Waals surface area contributed by atoms with Crippen molar-refractivity contribution in [2.75, 3.05) is 26.7 Å². The fourth-order valence-electron chi connectivity index (χ4n) is 2.88. The van der Waals surface area contributed by atoms with Gasteiger partial charge in [-0.05, 0) is 18.6 Å². The summed E-state index contributed by atoms with van der Waals surface area (Å²) in [6.07, 6.45) is 1.23. The van der Waals surface area contributed by atoms with Gasteiger partial charge in [0.15, 0.2) is 0 Å². The number of rotatable bonds is 8. The Hall–Kier alpha value is -2.41. The number of carboxylic acid groups (broad SMARTS) is 2. The van der Waals surface area contributed by atoms with Gasteiger partial charge in [0, 0.05) is 16.1 Å². The highest BCUT2D eigenvalue weighted by Gasteiger charge is 2.23. The molecule has 0 saturated heterocycles. The van der Waals surface area contributed by atoms with Crippen LogP contribution in [0.25, 0.3) is 0 Å². The number of carboxylic acids is 2. The van der Waals surface area contributed by atoms with Gasteiger partial charge < -0.3 is 30.0 Å². The predicted octanol–water partition coefficient (Wildman–Crippen LogP) is -1.60. The maximum atomic E-state index is 8.93. The molecule has 28 heavy (non-hydrogen) atoms. The molecule has 0 spiro atoms. The summed E-state index contributed by atoms with van der Waals surface area (Å²) in [7, 11) is 2.28. The van der Waals surface area contributed by atoms with E-state index in [1.54, 1.807) is 0 Å². The molecule has 0 bridgehead atoms. The van der Waals surface area contributed by atoms with Crippen LogP contribution in [0.1, 0.15) is 30.5 Å². The summed E-state index contributed by atoms with van der Waals surface area (Å²) in [5.41, 5.74) is 2.68. The molecule has 7 heteroatoms. The van der Waals surface area contributed by atoms with Crippen molar-refractivity contribution in [3.8, 4) is 0 Å². The van der Waals surface area contributed by atoms with Gasteiger partial charge >= 0.3 is 0 Å². The Morgan fingerprint density at radius 2 is 1.50 bits per heavy atom. The van der Waals surface area contributed by atoms with Crippen molar-refractivity contribution in [1.29, 1.82) is 0 Å². The van der Waals surface area contributed by atoms with Gasteiger partial charge in [-0.25, -0.2) is 0 Å². The number of halogens is 1. The van der Waals surface area contributed by atoms with E-state index in [1.807, 2.05) is 12.1 Å². The highest BCUT2D eigenvalue weighted by Crippen LogP contribution is 2.20. The molecule has 0 heterocycles. The molecule has 2 aromatic carbocycles. The number of hydrogen-bond donors (Lipinski definition) is 2. The van der Waals surface area contributed by atoms with Crippen LogP contribution >= 0.6 is 11.6 Å². The maximum Gasteiger partial charge on any atom is 0.139 e. The first kappa shape index (κ1) is 23.6. The zero-order chi connectivity index (χ0) is 20.9. The van der Waals surface area contributed by atoms with Crippen LogP contribution in [0.15, 0.2) is 54.6 Å². The zero-order valence-electron chi connectivity index (χ0n) is 16.2. The first-order chi connectivity index (χ1) is 13.4. The van der Waals surface area contributed by atoms with E-state index < -0.39 is 11.9 Å². The van der Waals surface area contributed by atoms with E-state index in [-0.39, 0.29) is 0 Å². The monoisotopic (exact) mass is 406 g/mol. The molecular formula is C21H27ClN2O4. The Morgan fingerprint density at radius 1 is 0.964 bits per heavy atom. The Bertz CT molecular complexity index is 711. The highest BCUT2D eigenvalue weighted by molar-refractivity contribution is 6.30. The Morgan fingerprint density at radius 3 is 2.00 bits per heavy atom. The highest BCUT2D eigenvalue weighted by atomic mass is 35.5. The molecule has 0 radical (unpaired) electrons. The number of benzene rings is 2. The molecule has 0 aromatic heterocycles. The number of nitrogens with one attached hydrogen (secondary N) is 1. The molecule has 2 rings (SSSR count). The first-order valence-corrected chi connectivity index (χ1v) is 9.61. The van der Waals surface area contributed by atoms with Crippen molar-refractivity contribution < 1.29 is 30.0 Å². The first-order valence-electron chi connectivity index (χ1n) is 9.23. The molecule has 0 aliphatic rings. The smallest absolute Gasteiger partial charge is 0.139 e. The van der Waals surface area contributed by atoms with Gasteiger partial charge in [-0.3, -0.25) is 0 Å². The van der Waals surface area contributed by atoms with E-state index in [0.29, 0.717) is 6.04 Å². The zero-order valence-corrected chi connectivity index (χ0v) is 16.9. The number of aliphatic carboxylic acids is 2. The van der Waals surface area contributed by atoms with E-state index in [2.05, 4.69) is 61.8 Å². The summed E-state index contributed by atoms with van der Waals surface area (Å²) in [5.74, 6) is -4.37. The summed E-state index contributed by atoms with van der Waals surface area (Å²) >= 11 is 6.05. The lowest BCUT2D eigenvalue weighted by molar-refractivity contribution is -0.918. The van der Waals surface area contributed by atoms with Crippen molar-refractivity contribution in [2.45, 2.75) is 19.4 Å². The van der Waals surface area contributed by atoms with Crippen LogP contribution in [0.5, 0.6) is 0 Å². The molecule has 2 atom stereocenters. The van der Waals surface area contributed by atoms with Crippen molar-refractivity contribution in [3.63, 3.8) is 0 Å². The molecule has 2 unspecified atom stereocenters. The second-order valence-corrected chi connectivity index (χ2v) is 6.87. The number of carbonyl (C=O) groups is 2. The van der Waals surface area contributed by atoms with Crippen LogP contribution in [0, 0.1) is 0 Å². The van der Waals surface area contributed by atoms with E-state index in [4.69, 9.17) is 31.4 Å². The fourth-order valence-corrected chi connectivity index (χ4v) is 3.01. The van der Waals surface area contributed by atoms with Crippen molar-refractivity contribution in [3.05, 3.63) is 70.7 Å². The van der Waals surface area contributed by atoms with Gasteiger partial charge in [-0.1, -0.05) is 61.0 Å².